The molecule has 1 fully saturated rings. The fourth-order valence-corrected chi connectivity index (χ4v) is 2.09. The first-order valence-electron chi connectivity index (χ1n) is 6.06. The van der Waals surface area contributed by atoms with Gasteiger partial charge in [0.25, 0.3) is 0 Å². The van der Waals surface area contributed by atoms with Crippen LogP contribution in [0.4, 0.5) is 0 Å². The number of nitrogens with zero attached hydrogens (tertiary/aromatic N) is 1. The minimum Gasteiger partial charge on any atom is -0.480 e. The highest BCUT2D eigenvalue weighted by atomic mass is 16.4. The van der Waals surface area contributed by atoms with E-state index in [4.69, 9.17) is 5.11 Å². The van der Waals surface area contributed by atoms with Crippen molar-refractivity contribution in [3.63, 3.8) is 0 Å². The van der Waals surface area contributed by atoms with E-state index < -0.39 is 5.97 Å². The number of rotatable bonds is 8. The lowest BCUT2D eigenvalue weighted by atomic mass is 10.1. The fourth-order valence-electron chi connectivity index (χ4n) is 2.09. The lowest BCUT2D eigenvalue weighted by Gasteiger charge is -2.23. The molecule has 0 radical (unpaired) electrons. The summed E-state index contributed by atoms with van der Waals surface area (Å²) in [6, 6.07) is 0. The Hall–Kier alpha value is -0.570. The minimum absolute atomic E-state index is 0.213. The summed E-state index contributed by atoms with van der Waals surface area (Å²) in [6.45, 7) is 6.53. The predicted octanol–water partition coefficient (Wildman–Crippen LogP) is 2.22. The highest BCUT2D eigenvalue weighted by Crippen LogP contribution is 2.30. The van der Waals surface area contributed by atoms with Crippen LogP contribution in [0, 0.1) is 11.8 Å². The van der Waals surface area contributed by atoms with Crippen molar-refractivity contribution in [1.29, 1.82) is 0 Å². The standard InChI is InChI=1S/C12H23NO2/c1-3-4-10(2)7-13(9-12(14)15)8-11-5-6-11/h10-11H,3-9H2,1-2H3,(H,14,15). The first kappa shape index (κ1) is 12.5. The van der Waals surface area contributed by atoms with Crippen LogP contribution in [-0.2, 0) is 4.79 Å². The van der Waals surface area contributed by atoms with E-state index in [-0.39, 0.29) is 6.54 Å². The van der Waals surface area contributed by atoms with Gasteiger partial charge >= 0.3 is 5.97 Å². The maximum atomic E-state index is 10.7. The largest absolute Gasteiger partial charge is 0.480 e. The van der Waals surface area contributed by atoms with Crippen molar-refractivity contribution in [2.45, 2.75) is 39.5 Å². The molecular formula is C12H23NO2. The van der Waals surface area contributed by atoms with Gasteiger partial charge in [-0.25, -0.2) is 0 Å². The molecule has 0 saturated heterocycles. The van der Waals surface area contributed by atoms with Crippen LogP contribution in [0.2, 0.25) is 0 Å². The molecule has 3 nitrogen and oxygen atoms in total. The maximum Gasteiger partial charge on any atom is 0.317 e. The predicted molar refractivity (Wildman–Crippen MR) is 60.9 cm³/mol. The van der Waals surface area contributed by atoms with Crippen LogP contribution in [0.1, 0.15) is 39.5 Å². The minimum atomic E-state index is -0.695. The molecule has 0 aromatic rings. The molecule has 1 saturated carbocycles. The van der Waals surface area contributed by atoms with E-state index in [1.54, 1.807) is 0 Å². The maximum absolute atomic E-state index is 10.7. The van der Waals surface area contributed by atoms with Gasteiger partial charge in [0.15, 0.2) is 0 Å². The lowest BCUT2D eigenvalue weighted by molar-refractivity contribution is -0.138. The van der Waals surface area contributed by atoms with Crippen LogP contribution in [0.5, 0.6) is 0 Å². The number of hydrogen-bond donors (Lipinski definition) is 1. The van der Waals surface area contributed by atoms with E-state index in [0.29, 0.717) is 5.92 Å². The van der Waals surface area contributed by atoms with Crippen molar-refractivity contribution >= 4 is 5.97 Å². The number of aliphatic carboxylic acids is 1. The molecule has 15 heavy (non-hydrogen) atoms. The molecule has 0 aromatic carbocycles. The molecule has 1 unspecified atom stereocenters. The Morgan fingerprint density at radius 1 is 1.53 bits per heavy atom. The molecular weight excluding hydrogens is 190 g/mol. The third-order valence-corrected chi connectivity index (χ3v) is 2.92. The van der Waals surface area contributed by atoms with Gasteiger partial charge in [-0.1, -0.05) is 20.3 Å². The lowest BCUT2D eigenvalue weighted by Crippen LogP contribution is -2.35. The smallest absolute Gasteiger partial charge is 0.317 e. The Morgan fingerprint density at radius 2 is 2.20 bits per heavy atom. The zero-order valence-corrected chi connectivity index (χ0v) is 9.91. The molecule has 1 atom stereocenters. The molecule has 1 aliphatic rings. The van der Waals surface area contributed by atoms with E-state index in [0.717, 1.165) is 19.0 Å². The summed E-state index contributed by atoms with van der Waals surface area (Å²) in [4.78, 5) is 12.8. The van der Waals surface area contributed by atoms with Crippen molar-refractivity contribution in [3.8, 4) is 0 Å². The van der Waals surface area contributed by atoms with E-state index in [1.807, 2.05) is 0 Å². The van der Waals surface area contributed by atoms with Gasteiger partial charge in [-0.3, -0.25) is 9.69 Å². The van der Waals surface area contributed by atoms with Gasteiger partial charge in [0.2, 0.25) is 0 Å². The molecule has 0 aromatic heterocycles. The van der Waals surface area contributed by atoms with Gasteiger partial charge in [0, 0.05) is 13.1 Å². The second kappa shape index (κ2) is 6.11. The first-order valence-corrected chi connectivity index (χ1v) is 6.06. The quantitative estimate of drug-likeness (QED) is 0.672. The molecule has 0 heterocycles. The SMILES string of the molecule is CCCC(C)CN(CC(=O)O)CC1CC1. The molecule has 88 valence electrons. The monoisotopic (exact) mass is 213 g/mol. The number of carboxylic acid groups (broad SMARTS) is 1. The summed E-state index contributed by atoms with van der Waals surface area (Å²) in [5.74, 6) is 0.700. The van der Waals surface area contributed by atoms with Crippen LogP contribution < -0.4 is 0 Å². The van der Waals surface area contributed by atoms with Crippen LogP contribution in [-0.4, -0.2) is 35.6 Å². The summed E-state index contributed by atoms with van der Waals surface area (Å²) >= 11 is 0. The molecule has 3 heteroatoms. The zero-order chi connectivity index (χ0) is 11.3. The summed E-state index contributed by atoms with van der Waals surface area (Å²) in [5.41, 5.74) is 0. The zero-order valence-electron chi connectivity index (χ0n) is 9.91. The Labute approximate surface area is 92.5 Å². The average Bonchev–Trinajstić information content (AvgIpc) is 2.86. The van der Waals surface area contributed by atoms with Crippen molar-refractivity contribution in [2.75, 3.05) is 19.6 Å². The third kappa shape index (κ3) is 5.78. The van der Waals surface area contributed by atoms with Gasteiger partial charge in [-0.15, -0.1) is 0 Å². The van der Waals surface area contributed by atoms with Gasteiger partial charge in [-0.2, -0.15) is 0 Å². The topological polar surface area (TPSA) is 40.5 Å². The Morgan fingerprint density at radius 3 is 2.67 bits per heavy atom. The van der Waals surface area contributed by atoms with Gasteiger partial charge in [0.05, 0.1) is 6.54 Å². The van der Waals surface area contributed by atoms with Crippen LogP contribution in [0.3, 0.4) is 0 Å². The van der Waals surface area contributed by atoms with Crippen molar-refractivity contribution in [1.82, 2.24) is 4.90 Å². The second-order valence-electron chi connectivity index (χ2n) is 4.93. The van der Waals surface area contributed by atoms with Gasteiger partial charge in [0.1, 0.15) is 0 Å². The summed E-state index contributed by atoms with van der Waals surface area (Å²) in [6.07, 6.45) is 4.96. The van der Waals surface area contributed by atoms with Gasteiger partial charge in [-0.05, 0) is 31.1 Å². The molecule has 1 rings (SSSR count). The van der Waals surface area contributed by atoms with E-state index in [9.17, 15) is 4.79 Å². The number of hydrogen-bond acceptors (Lipinski definition) is 2. The molecule has 0 bridgehead atoms. The molecule has 1 N–H and O–H groups in total. The molecule has 0 amide bonds. The highest BCUT2D eigenvalue weighted by Gasteiger charge is 2.25. The van der Waals surface area contributed by atoms with Crippen LogP contribution >= 0.6 is 0 Å². The van der Waals surface area contributed by atoms with E-state index in [1.165, 1.54) is 25.7 Å². The second-order valence-corrected chi connectivity index (χ2v) is 4.93. The van der Waals surface area contributed by atoms with Crippen molar-refractivity contribution in [2.24, 2.45) is 11.8 Å². The Kier molecular flexibility index (Phi) is 5.09. The summed E-state index contributed by atoms with van der Waals surface area (Å²) in [5, 5.41) is 8.82. The Balaban J connectivity index is 2.29. The third-order valence-electron chi connectivity index (χ3n) is 2.92. The Bertz CT molecular complexity index is 202. The van der Waals surface area contributed by atoms with E-state index >= 15 is 0 Å². The van der Waals surface area contributed by atoms with E-state index in [2.05, 4.69) is 18.7 Å². The number of carbonyl (C=O) groups is 1. The highest BCUT2D eigenvalue weighted by molar-refractivity contribution is 5.69. The summed E-state index contributed by atoms with van der Waals surface area (Å²) in [7, 11) is 0. The molecule has 1 aliphatic carbocycles. The summed E-state index contributed by atoms with van der Waals surface area (Å²) < 4.78 is 0. The molecule has 0 spiro atoms. The van der Waals surface area contributed by atoms with Crippen molar-refractivity contribution in [3.05, 3.63) is 0 Å². The van der Waals surface area contributed by atoms with Gasteiger partial charge < -0.3 is 5.11 Å². The first-order chi connectivity index (χ1) is 7.11. The number of carboxylic acids is 1. The van der Waals surface area contributed by atoms with Crippen LogP contribution in [0.15, 0.2) is 0 Å². The normalized spacial score (nSPS) is 18.1. The van der Waals surface area contributed by atoms with Crippen LogP contribution in [0.25, 0.3) is 0 Å². The van der Waals surface area contributed by atoms with Crippen molar-refractivity contribution < 1.29 is 9.90 Å². The molecule has 0 aliphatic heterocycles. The fraction of sp³-hybridized carbons (Fsp3) is 0.917. The average molecular weight is 213 g/mol.